The molecule has 1 unspecified atom stereocenters. The Labute approximate surface area is 411 Å². The topological polar surface area (TPSA) is 194 Å². The van der Waals surface area contributed by atoms with E-state index in [0.29, 0.717) is 6.42 Å². The SMILES string of the molecule is CC[C@H]1OC(=O)[C@H](C)C(O[C@H]2C[C@@](C)(OC)[C@@H](O)[C@H](C)O2)[C@@H](C)[C@@H](O[C@@H]2O[C@H](C)C[C@H](N(C)C)[C@H]2O)[C@@](C)(OCC#Cc2ccc(-c3ccccn3)s2)C[C@@H](C)C(=O)[C@]2(C)CN[C@H]3C(=O)O[C@@]1(C)[C@H]32. The van der Waals surface area contributed by atoms with E-state index in [1.165, 1.54) is 18.4 Å². The summed E-state index contributed by atoms with van der Waals surface area (Å²) in [7, 11) is 5.31. The Morgan fingerprint density at radius 1 is 0.957 bits per heavy atom. The van der Waals surface area contributed by atoms with Crippen molar-refractivity contribution >= 4 is 29.1 Å². The van der Waals surface area contributed by atoms with Gasteiger partial charge in [0.05, 0.1) is 57.0 Å². The number of nitrogens with one attached hydrogen (secondary N) is 1. The number of esters is 2. The highest BCUT2D eigenvalue weighted by Crippen LogP contribution is 2.53. The van der Waals surface area contributed by atoms with Crippen molar-refractivity contribution in [2.75, 3.05) is 34.4 Å². The molecule has 2 aromatic heterocycles. The zero-order valence-electron chi connectivity index (χ0n) is 42.6. The number of ether oxygens (including phenoxy) is 8. The van der Waals surface area contributed by atoms with Crippen LogP contribution < -0.4 is 5.32 Å². The molecule has 7 heterocycles. The molecular weight excluding hydrogens is 907 g/mol. The quantitative estimate of drug-likeness (QED) is 0.209. The molecule has 3 N–H and O–H groups in total. The van der Waals surface area contributed by atoms with Crippen molar-refractivity contribution in [1.82, 2.24) is 15.2 Å². The van der Waals surface area contributed by atoms with Gasteiger partial charge in [-0.2, -0.15) is 0 Å². The number of likely N-dealkylation sites (N-methyl/N-ethyl adjacent to an activating group) is 1. The summed E-state index contributed by atoms with van der Waals surface area (Å²) in [5.74, 6) is 1.99. The molecule has 0 radical (unpaired) electrons. The third-order valence-electron chi connectivity index (χ3n) is 15.9. The van der Waals surface area contributed by atoms with E-state index in [4.69, 9.17) is 37.9 Å². The number of hydrogen-bond donors (Lipinski definition) is 3. The summed E-state index contributed by atoms with van der Waals surface area (Å²) in [6.07, 6.45) is -5.52. The number of methoxy groups -OCH3 is 1. The van der Waals surface area contributed by atoms with Crippen molar-refractivity contribution in [2.24, 2.45) is 29.1 Å². The van der Waals surface area contributed by atoms with Gasteiger partial charge in [0.25, 0.3) is 0 Å². The van der Waals surface area contributed by atoms with Crippen LogP contribution >= 0.6 is 11.3 Å². The van der Waals surface area contributed by atoms with Gasteiger partial charge in [0.1, 0.15) is 36.7 Å². The normalized spacial score (nSPS) is 43.1. The van der Waals surface area contributed by atoms with Crippen LogP contribution in [0.1, 0.15) is 99.8 Å². The minimum Gasteiger partial charge on any atom is -0.458 e. The molecule has 16 nitrogen and oxygen atoms in total. The fourth-order valence-corrected chi connectivity index (χ4v) is 13.0. The highest BCUT2D eigenvalue weighted by atomic mass is 32.1. The Bertz CT molecular complexity index is 2200. The zero-order valence-corrected chi connectivity index (χ0v) is 43.4. The minimum absolute atomic E-state index is 0.0903. The molecular formula is C52H75N3O13S. The Morgan fingerprint density at radius 2 is 1.70 bits per heavy atom. The first kappa shape index (κ1) is 53.4. The van der Waals surface area contributed by atoms with Crippen LogP contribution in [0, 0.1) is 40.9 Å². The molecule has 2 aromatic rings. The summed E-state index contributed by atoms with van der Waals surface area (Å²) in [5.41, 5.74) is -4.13. The highest BCUT2D eigenvalue weighted by Gasteiger charge is 2.69. The van der Waals surface area contributed by atoms with Crippen LogP contribution in [0.2, 0.25) is 0 Å². The smallest absolute Gasteiger partial charge is 0.324 e. The first-order valence-electron chi connectivity index (χ1n) is 24.5. The lowest BCUT2D eigenvalue weighted by atomic mass is 9.62. The lowest BCUT2D eigenvalue weighted by Gasteiger charge is -2.50. The third-order valence-corrected chi connectivity index (χ3v) is 16.9. The second-order valence-corrected chi connectivity index (χ2v) is 22.3. The second-order valence-electron chi connectivity index (χ2n) is 21.3. The van der Waals surface area contributed by atoms with Gasteiger partial charge in [-0.15, -0.1) is 11.3 Å². The molecule has 5 aliphatic heterocycles. The maximum Gasteiger partial charge on any atom is 0.324 e. The molecule has 5 fully saturated rings. The number of aromatic nitrogens is 1. The van der Waals surface area contributed by atoms with Gasteiger partial charge in [0.15, 0.2) is 18.2 Å². The van der Waals surface area contributed by atoms with Gasteiger partial charge >= 0.3 is 11.9 Å². The van der Waals surface area contributed by atoms with Crippen LogP contribution in [0.4, 0.5) is 0 Å². The van der Waals surface area contributed by atoms with Crippen molar-refractivity contribution in [3.63, 3.8) is 0 Å². The molecule has 382 valence electrons. The Kier molecular flexibility index (Phi) is 16.3. The highest BCUT2D eigenvalue weighted by molar-refractivity contribution is 7.16. The summed E-state index contributed by atoms with van der Waals surface area (Å²) in [4.78, 5) is 52.3. The van der Waals surface area contributed by atoms with Gasteiger partial charge in [0.2, 0.25) is 0 Å². The number of nitrogens with zero attached hydrogens (tertiary/aromatic N) is 2. The molecule has 0 aliphatic carbocycles. The van der Waals surface area contributed by atoms with Gasteiger partial charge in [0, 0.05) is 55.5 Å². The first-order chi connectivity index (χ1) is 32.5. The minimum atomic E-state index is -1.40. The summed E-state index contributed by atoms with van der Waals surface area (Å²) in [5, 5.41) is 26.5. The fourth-order valence-electron chi connectivity index (χ4n) is 12.1. The molecule has 17 heteroatoms. The Morgan fingerprint density at radius 3 is 2.36 bits per heavy atom. The van der Waals surface area contributed by atoms with E-state index in [1.807, 2.05) is 90.9 Å². The summed E-state index contributed by atoms with van der Waals surface area (Å²) in [6, 6.07) is 8.53. The average molecular weight is 982 g/mol. The van der Waals surface area contributed by atoms with Crippen molar-refractivity contribution in [2.45, 2.75) is 179 Å². The molecule has 7 rings (SSSR count). The second kappa shape index (κ2) is 21.0. The lowest BCUT2D eigenvalue weighted by Crippen LogP contribution is -2.61. The van der Waals surface area contributed by atoms with Crippen LogP contribution in [0.5, 0.6) is 0 Å². The fraction of sp³-hybridized carbons (Fsp3) is 0.731. The van der Waals surface area contributed by atoms with Crippen LogP contribution in [-0.2, 0) is 52.3 Å². The summed E-state index contributed by atoms with van der Waals surface area (Å²) >= 11 is 1.51. The molecule has 0 bridgehead atoms. The zero-order chi connectivity index (χ0) is 50.4. The number of carbonyl (C=O) groups is 3. The number of rotatable bonds is 10. The van der Waals surface area contributed by atoms with Crippen molar-refractivity contribution < 1.29 is 62.5 Å². The Hall–Kier alpha value is -3.38. The molecule has 0 spiro atoms. The maximum atomic E-state index is 15.4. The number of thiophene rings is 1. The van der Waals surface area contributed by atoms with E-state index < -0.39 is 113 Å². The molecule has 5 aliphatic rings. The van der Waals surface area contributed by atoms with Crippen molar-refractivity contribution in [3.05, 3.63) is 41.4 Å². The number of pyridine rings is 1. The molecule has 69 heavy (non-hydrogen) atoms. The van der Waals surface area contributed by atoms with Gasteiger partial charge in [-0.05, 0) is 99.2 Å². The molecule has 0 aromatic carbocycles. The number of carbonyl (C=O) groups excluding carboxylic acids is 3. The third kappa shape index (κ3) is 10.5. The van der Waals surface area contributed by atoms with Gasteiger partial charge in [-0.25, -0.2) is 0 Å². The monoisotopic (exact) mass is 982 g/mol. The van der Waals surface area contributed by atoms with Crippen LogP contribution in [0.3, 0.4) is 0 Å². The van der Waals surface area contributed by atoms with Crippen LogP contribution in [0.25, 0.3) is 10.6 Å². The predicted molar refractivity (Wildman–Crippen MR) is 257 cm³/mol. The first-order valence-corrected chi connectivity index (χ1v) is 25.4. The standard InChI is InChI=1S/C52H75N3O13S/c1-14-37-52(10)42-39(47(60)68-52)54-27-49(42,7)43(57)28(2)25-51(9,62-23-17-18-33-20-21-36(69-33)34-19-15-16-22-53-34)45(67-48-40(56)35(55(11)12)24-29(3)63-48)30(4)41(31(5)46(59)65-37)66-38-26-50(8,61-13)44(58)32(6)64-38/h15-16,19-22,28-32,35,37-42,44-45,48,54,56,58H,14,23-27H2,1-13H3/t28-,29-,30-,31-,32+,35+,37-,38+,39-,40-,41?,42-,44+,45-,48+,49-,50-,51+,52-/m1/s1. The van der Waals surface area contributed by atoms with Gasteiger partial charge in [-0.3, -0.25) is 19.4 Å². The number of Topliss-reactive ketones (excluding diaryl/α,β-unsaturated/α-hetero) is 1. The van der Waals surface area contributed by atoms with Crippen molar-refractivity contribution in [1.29, 1.82) is 0 Å². The molecule has 0 saturated carbocycles. The number of ketones is 1. The Balaban J connectivity index is 1.35. The summed E-state index contributed by atoms with van der Waals surface area (Å²) in [6.45, 7) is 18.4. The van der Waals surface area contributed by atoms with Crippen LogP contribution in [-0.4, -0.2) is 156 Å². The van der Waals surface area contributed by atoms with E-state index in [2.05, 4.69) is 22.1 Å². The largest absolute Gasteiger partial charge is 0.458 e. The molecule has 5 saturated heterocycles. The number of aliphatic hydroxyl groups is 2. The lowest BCUT2D eigenvalue weighted by molar-refractivity contribution is -0.320. The summed E-state index contributed by atoms with van der Waals surface area (Å²) < 4.78 is 52.5. The maximum absolute atomic E-state index is 15.4. The number of hydrogen-bond acceptors (Lipinski definition) is 17. The van der Waals surface area contributed by atoms with Gasteiger partial charge in [-0.1, -0.05) is 45.6 Å². The predicted octanol–water partition coefficient (Wildman–Crippen LogP) is 5.15. The molecule has 19 atom stereocenters. The van der Waals surface area contributed by atoms with Crippen molar-refractivity contribution in [3.8, 4) is 22.4 Å². The number of aliphatic hydroxyl groups excluding tert-OH is 2. The van der Waals surface area contributed by atoms with E-state index in [1.54, 1.807) is 33.9 Å². The van der Waals surface area contributed by atoms with E-state index >= 15 is 4.79 Å². The number of cyclic esters (lactones) is 1. The van der Waals surface area contributed by atoms with E-state index in [-0.39, 0.29) is 50.3 Å². The van der Waals surface area contributed by atoms with E-state index in [9.17, 15) is 19.8 Å². The average Bonchev–Trinajstić information content (AvgIpc) is 4.02. The van der Waals surface area contributed by atoms with E-state index in [0.717, 1.165) is 15.4 Å². The van der Waals surface area contributed by atoms with Gasteiger partial charge < -0.3 is 58.3 Å². The molecule has 0 amide bonds. The van der Waals surface area contributed by atoms with Crippen LogP contribution in [0.15, 0.2) is 36.5 Å².